The molecule has 2 rings (SSSR count). The molecule has 136 valence electrons. The number of rotatable bonds is 5. The van der Waals surface area contributed by atoms with Crippen LogP contribution in [0.15, 0.2) is 23.2 Å². The standard InChI is InChI=1S/C16H23F2N3O2.HI/c1-22-13-7-6-12(10-14(13)23-15(17)18)11-20-16(19)21-8-4-2-3-5-9-21;/h6-7,10,15H,2-5,8-9,11H2,1H3,(H2,19,20);1H. The first-order chi connectivity index (χ1) is 11.1. The van der Waals surface area contributed by atoms with Gasteiger partial charge in [0.2, 0.25) is 0 Å². The number of nitrogens with zero attached hydrogens (tertiary/aromatic N) is 2. The summed E-state index contributed by atoms with van der Waals surface area (Å²) in [6, 6.07) is 4.85. The van der Waals surface area contributed by atoms with E-state index in [1.165, 1.54) is 26.0 Å². The average molecular weight is 455 g/mol. The molecule has 1 aliphatic heterocycles. The van der Waals surface area contributed by atoms with Crippen LogP contribution in [0.5, 0.6) is 11.5 Å². The second-order valence-corrected chi connectivity index (χ2v) is 5.44. The van der Waals surface area contributed by atoms with Gasteiger partial charge in [0.25, 0.3) is 0 Å². The highest BCUT2D eigenvalue weighted by Crippen LogP contribution is 2.29. The summed E-state index contributed by atoms with van der Waals surface area (Å²) in [4.78, 5) is 6.45. The third kappa shape index (κ3) is 6.29. The van der Waals surface area contributed by atoms with Crippen LogP contribution in [0.4, 0.5) is 8.78 Å². The number of nitrogens with two attached hydrogens (primary N) is 1. The first-order valence-electron chi connectivity index (χ1n) is 7.76. The minimum atomic E-state index is -2.90. The van der Waals surface area contributed by atoms with E-state index in [0.717, 1.165) is 31.5 Å². The fourth-order valence-corrected chi connectivity index (χ4v) is 2.58. The van der Waals surface area contributed by atoms with Crippen LogP contribution in [0.2, 0.25) is 0 Å². The summed E-state index contributed by atoms with van der Waals surface area (Å²) in [7, 11) is 1.41. The lowest BCUT2D eigenvalue weighted by Crippen LogP contribution is -2.38. The van der Waals surface area contributed by atoms with Crippen LogP contribution >= 0.6 is 24.0 Å². The number of benzene rings is 1. The van der Waals surface area contributed by atoms with Crippen molar-refractivity contribution in [2.24, 2.45) is 10.7 Å². The summed E-state index contributed by atoms with van der Waals surface area (Å²) in [5.74, 6) is 0.765. The lowest BCUT2D eigenvalue weighted by Gasteiger charge is -2.21. The highest BCUT2D eigenvalue weighted by Gasteiger charge is 2.13. The Morgan fingerprint density at radius 1 is 1.21 bits per heavy atom. The third-order valence-corrected chi connectivity index (χ3v) is 3.80. The van der Waals surface area contributed by atoms with Gasteiger partial charge >= 0.3 is 6.61 Å². The van der Waals surface area contributed by atoms with Gasteiger partial charge in [-0.2, -0.15) is 8.78 Å². The van der Waals surface area contributed by atoms with Gasteiger partial charge in [-0.3, -0.25) is 0 Å². The highest BCUT2D eigenvalue weighted by molar-refractivity contribution is 14.0. The molecular formula is C16H24F2IN3O2. The van der Waals surface area contributed by atoms with Crippen molar-refractivity contribution in [1.82, 2.24) is 4.90 Å². The largest absolute Gasteiger partial charge is 0.493 e. The Hall–Kier alpha value is -1.32. The molecule has 1 aromatic carbocycles. The van der Waals surface area contributed by atoms with Crippen LogP contribution in [-0.4, -0.2) is 37.7 Å². The number of hydrogen-bond acceptors (Lipinski definition) is 3. The zero-order valence-electron chi connectivity index (χ0n) is 13.7. The van der Waals surface area contributed by atoms with E-state index in [9.17, 15) is 8.78 Å². The Morgan fingerprint density at radius 3 is 2.46 bits per heavy atom. The van der Waals surface area contributed by atoms with Gasteiger partial charge in [0, 0.05) is 13.1 Å². The van der Waals surface area contributed by atoms with Crippen LogP contribution < -0.4 is 15.2 Å². The Labute approximate surface area is 158 Å². The SMILES string of the molecule is COc1ccc(CN=C(N)N2CCCCCC2)cc1OC(F)F.I. The number of hydrogen-bond donors (Lipinski definition) is 1. The summed E-state index contributed by atoms with van der Waals surface area (Å²) in [5, 5.41) is 0. The van der Waals surface area contributed by atoms with Crippen molar-refractivity contribution in [1.29, 1.82) is 0 Å². The summed E-state index contributed by atoms with van der Waals surface area (Å²) in [5.41, 5.74) is 6.78. The molecule has 0 spiro atoms. The molecule has 1 aliphatic rings. The lowest BCUT2D eigenvalue weighted by molar-refractivity contribution is -0.0512. The second kappa shape index (κ2) is 10.5. The van der Waals surface area contributed by atoms with Crippen LogP contribution in [-0.2, 0) is 6.54 Å². The molecule has 0 amide bonds. The maximum Gasteiger partial charge on any atom is 0.387 e. The molecule has 5 nitrogen and oxygen atoms in total. The molecule has 1 saturated heterocycles. The molecule has 1 aromatic rings. The van der Waals surface area contributed by atoms with E-state index in [2.05, 4.69) is 14.6 Å². The lowest BCUT2D eigenvalue weighted by atomic mass is 10.2. The topological polar surface area (TPSA) is 60.1 Å². The van der Waals surface area contributed by atoms with Crippen molar-refractivity contribution < 1.29 is 18.3 Å². The maximum absolute atomic E-state index is 12.4. The Balaban J connectivity index is 0.00000288. The van der Waals surface area contributed by atoms with Crippen molar-refractivity contribution in [3.8, 4) is 11.5 Å². The molecule has 24 heavy (non-hydrogen) atoms. The summed E-state index contributed by atoms with van der Waals surface area (Å²) >= 11 is 0. The third-order valence-electron chi connectivity index (χ3n) is 3.80. The van der Waals surface area contributed by atoms with Crippen molar-refractivity contribution in [2.75, 3.05) is 20.2 Å². The second-order valence-electron chi connectivity index (χ2n) is 5.44. The first kappa shape index (κ1) is 20.7. The molecule has 1 heterocycles. The molecule has 0 saturated carbocycles. The Bertz CT molecular complexity index is 536. The number of ether oxygens (including phenoxy) is 2. The summed E-state index contributed by atoms with van der Waals surface area (Å²) in [6.07, 6.45) is 4.67. The predicted molar refractivity (Wildman–Crippen MR) is 100 cm³/mol. The molecule has 0 bridgehead atoms. The predicted octanol–water partition coefficient (Wildman–Crippen LogP) is 3.61. The molecule has 8 heteroatoms. The number of methoxy groups -OCH3 is 1. The van der Waals surface area contributed by atoms with E-state index in [1.54, 1.807) is 12.1 Å². The first-order valence-corrected chi connectivity index (χ1v) is 7.76. The average Bonchev–Trinajstić information content (AvgIpc) is 2.81. The molecule has 0 aromatic heterocycles. The number of likely N-dealkylation sites (tertiary alicyclic amines) is 1. The van der Waals surface area contributed by atoms with Gasteiger partial charge in [-0.05, 0) is 30.5 Å². The fourth-order valence-electron chi connectivity index (χ4n) is 2.58. The van der Waals surface area contributed by atoms with E-state index >= 15 is 0 Å². The van der Waals surface area contributed by atoms with Crippen molar-refractivity contribution >= 4 is 29.9 Å². The number of halogens is 3. The molecule has 0 aliphatic carbocycles. The minimum Gasteiger partial charge on any atom is -0.493 e. The normalized spacial score (nSPS) is 15.7. The van der Waals surface area contributed by atoms with E-state index in [-0.39, 0.29) is 35.5 Å². The van der Waals surface area contributed by atoms with Crippen molar-refractivity contribution in [2.45, 2.75) is 38.8 Å². The summed E-state index contributed by atoms with van der Waals surface area (Å²) < 4.78 is 34.3. The Morgan fingerprint density at radius 2 is 1.88 bits per heavy atom. The molecular weight excluding hydrogens is 431 g/mol. The minimum absolute atomic E-state index is 0. The van der Waals surface area contributed by atoms with Gasteiger partial charge in [0.15, 0.2) is 17.5 Å². The smallest absolute Gasteiger partial charge is 0.387 e. The highest BCUT2D eigenvalue weighted by atomic mass is 127. The van der Waals surface area contributed by atoms with Crippen LogP contribution in [0.3, 0.4) is 0 Å². The van der Waals surface area contributed by atoms with Gasteiger partial charge < -0.3 is 20.1 Å². The van der Waals surface area contributed by atoms with Crippen LogP contribution in [0.25, 0.3) is 0 Å². The van der Waals surface area contributed by atoms with Gasteiger partial charge in [-0.1, -0.05) is 18.9 Å². The Kier molecular flexibility index (Phi) is 9.09. The quantitative estimate of drug-likeness (QED) is 0.419. The van der Waals surface area contributed by atoms with E-state index < -0.39 is 6.61 Å². The van der Waals surface area contributed by atoms with E-state index in [0.29, 0.717) is 12.5 Å². The van der Waals surface area contributed by atoms with Crippen LogP contribution in [0, 0.1) is 0 Å². The van der Waals surface area contributed by atoms with E-state index in [1.807, 2.05) is 0 Å². The van der Waals surface area contributed by atoms with Gasteiger partial charge in [0.05, 0.1) is 13.7 Å². The zero-order chi connectivity index (χ0) is 16.7. The van der Waals surface area contributed by atoms with Crippen molar-refractivity contribution in [3.63, 3.8) is 0 Å². The number of alkyl halides is 2. The van der Waals surface area contributed by atoms with Crippen molar-refractivity contribution in [3.05, 3.63) is 23.8 Å². The monoisotopic (exact) mass is 455 g/mol. The number of aliphatic imine (C=N–C) groups is 1. The summed E-state index contributed by atoms with van der Waals surface area (Å²) in [6.45, 7) is -0.758. The molecule has 0 unspecified atom stereocenters. The fraction of sp³-hybridized carbons (Fsp3) is 0.562. The number of guanidine groups is 1. The molecule has 0 radical (unpaired) electrons. The molecule has 0 atom stereocenters. The van der Waals surface area contributed by atoms with Gasteiger partial charge in [0.1, 0.15) is 0 Å². The van der Waals surface area contributed by atoms with Crippen LogP contribution in [0.1, 0.15) is 31.2 Å². The zero-order valence-corrected chi connectivity index (χ0v) is 16.0. The van der Waals surface area contributed by atoms with E-state index in [4.69, 9.17) is 10.5 Å². The molecule has 1 fully saturated rings. The molecule has 2 N–H and O–H groups in total. The van der Waals surface area contributed by atoms with Gasteiger partial charge in [-0.25, -0.2) is 4.99 Å². The maximum atomic E-state index is 12.4. The van der Waals surface area contributed by atoms with Gasteiger partial charge in [-0.15, -0.1) is 24.0 Å².